The fraction of sp³-hybridized carbons (Fsp3) is 0.250. The molecule has 3 rings (SSSR count). The molecule has 0 atom stereocenters. The van der Waals surface area contributed by atoms with Crippen LogP contribution >= 0.6 is 35.0 Å². The van der Waals surface area contributed by atoms with Gasteiger partial charge in [0.2, 0.25) is 5.91 Å². The Labute approximate surface area is 183 Å². The number of rotatable bonds is 7. The summed E-state index contributed by atoms with van der Waals surface area (Å²) in [6.45, 7) is 4.54. The smallest absolute Gasteiger partial charge is 0.234 e. The number of methoxy groups -OCH3 is 1. The van der Waals surface area contributed by atoms with E-state index in [9.17, 15) is 4.79 Å². The maximum absolute atomic E-state index is 12.5. The maximum Gasteiger partial charge on any atom is 0.234 e. The van der Waals surface area contributed by atoms with Crippen molar-refractivity contribution in [2.45, 2.75) is 25.5 Å². The van der Waals surface area contributed by atoms with Crippen LogP contribution in [0.4, 0.5) is 5.69 Å². The highest BCUT2D eigenvalue weighted by atomic mass is 35.5. The molecule has 2 aromatic carbocycles. The highest BCUT2D eigenvalue weighted by molar-refractivity contribution is 7.99. The predicted molar refractivity (Wildman–Crippen MR) is 118 cm³/mol. The zero-order valence-electron chi connectivity index (χ0n) is 16.2. The second-order valence-corrected chi connectivity index (χ2v) is 7.99. The Morgan fingerprint density at radius 1 is 1.24 bits per heavy atom. The van der Waals surface area contributed by atoms with Gasteiger partial charge in [-0.05, 0) is 37.6 Å². The van der Waals surface area contributed by atoms with E-state index in [0.717, 1.165) is 11.1 Å². The number of benzene rings is 2. The summed E-state index contributed by atoms with van der Waals surface area (Å²) < 4.78 is 7.26. The van der Waals surface area contributed by atoms with Gasteiger partial charge >= 0.3 is 0 Å². The van der Waals surface area contributed by atoms with Gasteiger partial charge in [0, 0.05) is 28.2 Å². The number of halogens is 2. The lowest BCUT2D eigenvalue weighted by molar-refractivity contribution is -0.113. The fourth-order valence-electron chi connectivity index (χ4n) is 2.77. The summed E-state index contributed by atoms with van der Waals surface area (Å²) >= 11 is 13.5. The first-order valence-corrected chi connectivity index (χ1v) is 10.6. The zero-order chi connectivity index (χ0) is 21.0. The second kappa shape index (κ2) is 9.52. The second-order valence-electron chi connectivity index (χ2n) is 6.20. The molecule has 6 nitrogen and oxygen atoms in total. The normalized spacial score (nSPS) is 10.8. The fourth-order valence-corrected chi connectivity index (χ4v) is 3.91. The van der Waals surface area contributed by atoms with Gasteiger partial charge in [0.25, 0.3) is 0 Å². The van der Waals surface area contributed by atoms with Crippen LogP contribution in [-0.2, 0) is 11.3 Å². The van der Waals surface area contributed by atoms with Gasteiger partial charge in [-0.25, -0.2) is 0 Å². The number of aryl methyl sites for hydroxylation is 1. The third-order valence-electron chi connectivity index (χ3n) is 4.20. The Morgan fingerprint density at radius 3 is 2.72 bits per heavy atom. The van der Waals surface area contributed by atoms with Crippen LogP contribution in [0.5, 0.6) is 5.75 Å². The Hall–Kier alpha value is -2.22. The van der Waals surface area contributed by atoms with Gasteiger partial charge in [0.15, 0.2) is 11.0 Å². The molecule has 0 spiro atoms. The summed E-state index contributed by atoms with van der Waals surface area (Å²) in [7, 11) is 1.53. The van der Waals surface area contributed by atoms with E-state index in [4.69, 9.17) is 27.9 Å². The molecule has 152 valence electrons. The molecule has 1 N–H and O–H groups in total. The molecule has 3 aromatic rings. The van der Waals surface area contributed by atoms with Crippen molar-refractivity contribution in [3.8, 4) is 17.1 Å². The minimum absolute atomic E-state index is 0.176. The maximum atomic E-state index is 12.5. The van der Waals surface area contributed by atoms with Gasteiger partial charge in [-0.15, -0.1) is 10.2 Å². The highest BCUT2D eigenvalue weighted by Crippen LogP contribution is 2.31. The largest absolute Gasteiger partial charge is 0.495 e. The number of amides is 1. The average molecular weight is 451 g/mol. The van der Waals surface area contributed by atoms with E-state index in [-0.39, 0.29) is 11.7 Å². The van der Waals surface area contributed by atoms with Gasteiger partial charge in [-0.3, -0.25) is 4.79 Å². The molecule has 9 heteroatoms. The van der Waals surface area contributed by atoms with Crippen LogP contribution in [0.25, 0.3) is 11.4 Å². The molecule has 0 radical (unpaired) electrons. The van der Waals surface area contributed by atoms with E-state index in [2.05, 4.69) is 15.5 Å². The third kappa shape index (κ3) is 5.04. The predicted octanol–water partition coefficient (Wildman–Crippen LogP) is 5.32. The van der Waals surface area contributed by atoms with Crippen LogP contribution in [0.3, 0.4) is 0 Å². The van der Waals surface area contributed by atoms with Crippen LogP contribution in [0, 0.1) is 6.92 Å². The van der Waals surface area contributed by atoms with E-state index in [1.807, 2.05) is 42.7 Å². The number of ether oxygens (including phenoxy) is 1. The number of carbonyl (C=O) groups is 1. The summed E-state index contributed by atoms with van der Waals surface area (Å²) in [6, 6.07) is 10.9. The molecule has 0 saturated heterocycles. The molecule has 1 heterocycles. The van der Waals surface area contributed by atoms with Crippen LogP contribution in [0.15, 0.2) is 41.6 Å². The van der Waals surface area contributed by atoms with Gasteiger partial charge in [-0.2, -0.15) is 0 Å². The number of carbonyl (C=O) groups excluding carboxylic acids is 1. The number of nitrogens with one attached hydrogen (secondary N) is 1. The van der Waals surface area contributed by atoms with Gasteiger partial charge in [0.05, 0.1) is 18.6 Å². The van der Waals surface area contributed by atoms with E-state index in [1.54, 1.807) is 12.1 Å². The summed E-state index contributed by atoms with van der Waals surface area (Å²) in [5, 5.41) is 13.3. The number of aromatic nitrogens is 3. The summed E-state index contributed by atoms with van der Waals surface area (Å²) in [5.74, 6) is 1.23. The quantitative estimate of drug-likeness (QED) is 0.493. The minimum atomic E-state index is -0.176. The van der Waals surface area contributed by atoms with E-state index >= 15 is 0 Å². The standard InChI is InChI=1S/C20H20Cl2N4O2S/c1-4-26-19(13-6-5-7-14(21)9-13)24-25-20(26)29-11-18(27)23-16-8-12(2)15(22)10-17(16)28-3/h5-10H,4,11H2,1-3H3,(H,23,27). The van der Waals surface area contributed by atoms with Crippen LogP contribution in [0.2, 0.25) is 10.0 Å². The number of anilines is 1. The van der Waals surface area contributed by atoms with E-state index in [0.29, 0.717) is 39.0 Å². The average Bonchev–Trinajstić information content (AvgIpc) is 3.12. The third-order valence-corrected chi connectivity index (χ3v) is 5.81. The minimum Gasteiger partial charge on any atom is -0.495 e. The van der Waals surface area contributed by atoms with Crippen molar-refractivity contribution in [1.82, 2.24) is 14.8 Å². The molecule has 0 bridgehead atoms. The Balaban J connectivity index is 1.72. The summed E-state index contributed by atoms with van der Waals surface area (Å²) in [5.41, 5.74) is 2.31. The summed E-state index contributed by atoms with van der Waals surface area (Å²) in [6.07, 6.45) is 0. The molecule has 29 heavy (non-hydrogen) atoms. The molecule has 0 fully saturated rings. The van der Waals surface area contributed by atoms with Crippen molar-refractivity contribution in [2.24, 2.45) is 0 Å². The molecular weight excluding hydrogens is 431 g/mol. The zero-order valence-corrected chi connectivity index (χ0v) is 18.5. The highest BCUT2D eigenvalue weighted by Gasteiger charge is 2.16. The van der Waals surface area contributed by atoms with Crippen LogP contribution in [0.1, 0.15) is 12.5 Å². The molecule has 0 aliphatic heterocycles. The number of hydrogen-bond acceptors (Lipinski definition) is 5. The van der Waals surface area contributed by atoms with Crippen LogP contribution < -0.4 is 10.1 Å². The molecule has 0 aliphatic carbocycles. The molecular formula is C20H20Cl2N4O2S. The lowest BCUT2D eigenvalue weighted by atomic mass is 10.2. The summed E-state index contributed by atoms with van der Waals surface area (Å²) in [4.78, 5) is 12.5. The Morgan fingerprint density at radius 2 is 2.03 bits per heavy atom. The molecule has 0 saturated carbocycles. The molecule has 1 aromatic heterocycles. The topological polar surface area (TPSA) is 69.0 Å². The Kier molecular flexibility index (Phi) is 7.05. The van der Waals surface area contributed by atoms with Crippen molar-refractivity contribution in [3.63, 3.8) is 0 Å². The first-order chi connectivity index (χ1) is 13.9. The van der Waals surface area contributed by atoms with E-state index < -0.39 is 0 Å². The number of nitrogens with zero attached hydrogens (tertiary/aromatic N) is 3. The monoisotopic (exact) mass is 450 g/mol. The Bertz CT molecular complexity index is 1040. The first kappa shape index (κ1) is 21.5. The van der Waals surface area contributed by atoms with Crippen molar-refractivity contribution in [2.75, 3.05) is 18.2 Å². The molecule has 0 aliphatic rings. The van der Waals surface area contributed by atoms with Crippen molar-refractivity contribution in [3.05, 3.63) is 52.0 Å². The lowest BCUT2D eigenvalue weighted by Crippen LogP contribution is -2.15. The van der Waals surface area contributed by atoms with Crippen LogP contribution in [-0.4, -0.2) is 33.5 Å². The van der Waals surface area contributed by atoms with Gasteiger partial charge < -0.3 is 14.6 Å². The molecule has 1 amide bonds. The number of thioether (sulfide) groups is 1. The van der Waals surface area contributed by atoms with Crippen molar-refractivity contribution >= 4 is 46.6 Å². The van der Waals surface area contributed by atoms with Crippen molar-refractivity contribution in [1.29, 1.82) is 0 Å². The lowest BCUT2D eigenvalue weighted by Gasteiger charge is -2.12. The molecule has 0 unspecified atom stereocenters. The van der Waals surface area contributed by atoms with Gasteiger partial charge in [-0.1, -0.05) is 47.1 Å². The first-order valence-electron chi connectivity index (χ1n) is 8.88. The van der Waals surface area contributed by atoms with Gasteiger partial charge in [0.1, 0.15) is 5.75 Å². The number of hydrogen-bond donors (Lipinski definition) is 1. The van der Waals surface area contributed by atoms with E-state index in [1.165, 1.54) is 18.9 Å². The van der Waals surface area contributed by atoms with Crippen molar-refractivity contribution < 1.29 is 9.53 Å². The SMILES string of the molecule is CCn1c(SCC(=O)Nc2cc(C)c(Cl)cc2OC)nnc1-c1cccc(Cl)c1.